The number of unbranched alkanes of at least 4 members (excludes halogenated alkanes) is 6. The Hall–Kier alpha value is -7.24. The number of nitrogens with zero attached hydrogens (tertiary/aromatic N) is 4. The molecule has 0 bridgehead atoms. The number of anilines is 2. The molecule has 2 unspecified atom stereocenters. The van der Waals surface area contributed by atoms with Crippen molar-refractivity contribution < 1.29 is 77.5 Å². The molecule has 4 amide bonds. The Kier molecular flexibility index (Phi) is 36.2. The molecule has 7 rings (SSSR count). The number of H-pyrrole nitrogens is 2. The molecule has 1 aromatic carbocycles. The van der Waals surface area contributed by atoms with E-state index in [9.17, 15) is 49.2 Å². The number of fused-ring (bicyclic) bond motifs is 2. The fourth-order valence-electron chi connectivity index (χ4n) is 10.1. The number of nitrogens with one attached hydrogen (secondary N) is 6. The Bertz CT molecular complexity index is 3470. The summed E-state index contributed by atoms with van der Waals surface area (Å²) in [6, 6.07) is 6.30. The molecule has 6 heterocycles. The van der Waals surface area contributed by atoms with Crippen molar-refractivity contribution in [3.63, 3.8) is 0 Å². The van der Waals surface area contributed by atoms with Crippen LogP contribution in [0.1, 0.15) is 128 Å². The molecular formula is C65H92Cl2N12O18. The summed E-state index contributed by atoms with van der Waals surface area (Å²) in [5.41, 5.74) is 12.6. The van der Waals surface area contributed by atoms with Crippen molar-refractivity contribution in [2.75, 3.05) is 142 Å². The van der Waals surface area contributed by atoms with Gasteiger partial charge in [-0.1, -0.05) is 49.4 Å². The second-order valence-electron chi connectivity index (χ2n) is 22.4. The first-order valence-electron chi connectivity index (χ1n) is 32.6. The van der Waals surface area contributed by atoms with Gasteiger partial charge >= 0.3 is 0 Å². The molecule has 0 saturated carbocycles. The largest absolute Gasteiger partial charge is 0.394 e. The lowest BCUT2D eigenvalue weighted by molar-refractivity contribution is -0.122. The van der Waals surface area contributed by atoms with Crippen LogP contribution in [0.25, 0.3) is 22.1 Å². The molecule has 4 aromatic heterocycles. The highest BCUT2D eigenvalue weighted by Gasteiger charge is 2.37. The van der Waals surface area contributed by atoms with Crippen LogP contribution >= 0.6 is 23.2 Å². The van der Waals surface area contributed by atoms with Gasteiger partial charge in [0.1, 0.15) is 37.9 Å². The van der Waals surface area contributed by atoms with E-state index >= 15 is 0 Å². The third-order valence-electron chi connectivity index (χ3n) is 15.1. The molecule has 0 radical (unpaired) electrons. The zero-order chi connectivity index (χ0) is 69.6. The number of halogens is 2. The lowest BCUT2D eigenvalue weighted by Crippen LogP contribution is -2.29. The number of benzene rings is 1. The fourth-order valence-corrected chi connectivity index (χ4v) is 10.5. The van der Waals surface area contributed by atoms with E-state index < -0.39 is 48.0 Å². The summed E-state index contributed by atoms with van der Waals surface area (Å²) in [6.45, 7) is 5.16. The van der Waals surface area contributed by atoms with Crippen LogP contribution in [-0.2, 0) is 47.5 Å². The van der Waals surface area contributed by atoms with Crippen molar-refractivity contribution in [3.05, 3.63) is 79.6 Å². The first kappa shape index (κ1) is 78.8. The van der Waals surface area contributed by atoms with Crippen LogP contribution in [0.2, 0.25) is 0 Å². The van der Waals surface area contributed by atoms with Crippen LogP contribution in [0.3, 0.4) is 0 Å². The molecule has 2 fully saturated rings. The molecule has 2 saturated heterocycles. The Morgan fingerprint density at radius 3 is 1.29 bits per heavy atom. The average Bonchev–Trinajstić information content (AvgIpc) is 1.62. The minimum absolute atomic E-state index is 0.0203. The van der Waals surface area contributed by atoms with E-state index in [1.54, 1.807) is 45.8 Å². The van der Waals surface area contributed by atoms with Gasteiger partial charge in [0, 0.05) is 100 Å². The van der Waals surface area contributed by atoms with E-state index in [1.807, 2.05) is 0 Å². The molecule has 5 aromatic rings. The van der Waals surface area contributed by atoms with Gasteiger partial charge < -0.3 is 100 Å². The highest BCUT2D eigenvalue weighted by molar-refractivity contribution is 6.18. The third-order valence-corrected chi connectivity index (χ3v) is 15.6. The van der Waals surface area contributed by atoms with Crippen molar-refractivity contribution in [2.24, 2.45) is 0 Å². The van der Waals surface area contributed by atoms with Crippen molar-refractivity contribution in [2.45, 2.75) is 120 Å². The number of aliphatic hydroxyl groups is 4. The van der Waals surface area contributed by atoms with Crippen LogP contribution in [-0.4, -0.2) is 228 Å². The second kappa shape index (κ2) is 44.6. The lowest BCUT2D eigenvalue weighted by Gasteiger charge is -2.14. The van der Waals surface area contributed by atoms with Crippen molar-refractivity contribution >= 4 is 80.8 Å². The highest BCUT2D eigenvalue weighted by Crippen LogP contribution is 2.33. The fraction of sp³-hybridized carbons (Fsp3) is 0.600. The maximum Gasteiger partial charge on any atom is 0.263 e. The summed E-state index contributed by atoms with van der Waals surface area (Å²) in [4.78, 5) is 87.6. The van der Waals surface area contributed by atoms with E-state index in [1.165, 1.54) is 0 Å². The number of hydrogen-bond donors (Lipinski definition) is 12. The predicted molar refractivity (Wildman–Crippen MR) is 361 cm³/mol. The molecule has 97 heavy (non-hydrogen) atoms. The summed E-state index contributed by atoms with van der Waals surface area (Å²) in [7, 11) is 0. The van der Waals surface area contributed by atoms with Gasteiger partial charge in [-0.3, -0.25) is 38.7 Å². The van der Waals surface area contributed by atoms with Crippen molar-refractivity contribution in [1.29, 1.82) is 0 Å². The number of carbonyl (C=O) groups excluding carboxylic acids is 4. The van der Waals surface area contributed by atoms with E-state index in [0.29, 0.717) is 106 Å². The molecule has 32 heteroatoms. The maximum atomic E-state index is 12.7. The quantitative estimate of drug-likeness (QED) is 0.0151. The van der Waals surface area contributed by atoms with E-state index in [-0.39, 0.29) is 136 Å². The van der Waals surface area contributed by atoms with Crippen LogP contribution < -0.4 is 43.9 Å². The number of alkyl halides is 2. The number of rotatable bonds is 42. The Labute approximate surface area is 571 Å². The Morgan fingerprint density at radius 2 is 0.907 bits per heavy atom. The molecule has 2 aliphatic rings. The van der Waals surface area contributed by atoms with Gasteiger partial charge in [0.15, 0.2) is 11.3 Å². The smallest absolute Gasteiger partial charge is 0.263 e. The minimum Gasteiger partial charge on any atom is -0.394 e. The normalized spacial score (nSPS) is 17.3. The second-order valence-corrected chi connectivity index (χ2v) is 23.2. The number of amides is 4. The van der Waals surface area contributed by atoms with Gasteiger partial charge in [0.2, 0.25) is 23.7 Å². The molecule has 2 aliphatic heterocycles. The van der Waals surface area contributed by atoms with Gasteiger partial charge in [0.25, 0.3) is 22.9 Å². The summed E-state index contributed by atoms with van der Waals surface area (Å²) in [5.74, 6) is 11.8. The number of nitrogens with two attached hydrogens (primary N) is 2. The van der Waals surface area contributed by atoms with Crippen LogP contribution in [0.5, 0.6) is 0 Å². The van der Waals surface area contributed by atoms with Crippen molar-refractivity contribution in [1.82, 2.24) is 50.3 Å². The van der Waals surface area contributed by atoms with Crippen LogP contribution in [0.4, 0.5) is 11.9 Å². The number of aromatic nitrogens is 6. The van der Waals surface area contributed by atoms with Gasteiger partial charge in [0.05, 0.1) is 100 Å². The Morgan fingerprint density at radius 1 is 0.536 bits per heavy atom. The number of aliphatic hydroxyl groups excluding tert-OH is 4. The van der Waals surface area contributed by atoms with E-state index in [0.717, 1.165) is 51.4 Å². The molecule has 0 aliphatic carbocycles. The van der Waals surface area contributed by atoms with E-state index in [4.69, 9.17) is 72.6 Å². The van der Waals surface area contributed by atoms with Gasteiger partial charge in [-0.25, -0.2) is 0 Å². The number of aromatic amines is 2. The van der Waals surface area contributed by atoms with E-state index in [2.05, 4.69) is 64.9 Å². The minimum atomic E-state index is -0.879. The standard InChI is InChI=1S/C34H45ClN6O9.C31H47ClN6O9/c35-11-3-1-2-4-14-48-18-19-49-17-13-38-32(45)24-9-7-23(8-10-24)31(44)37-12-16-47-15-5-6-25-21-41(28-20-26(43)27(22-42)50-28)30-29(25)33(46)40-34(36)39-30;32-10-3-1-2-4-13-45-17-18-46-16-12-35-26(42)9-5-8-25(41)34-11-15-44-14-6-7-22-20-38(27-19-23(40)24(21-39)47-27)29-28(22)30(43)37-31(33)36-29/h7-10,21,26-28,42-43H,1-4,11-20,22H2,(H,37,44)(H,38,45)(H3,36,39,40,46);20,23-24,27,39-40H,1-5,8-19,21H2,(H,34,41)(H,35,42)(H3,33,36,37,43)/t26?,27-,28-;23?,24-,27-/m11/s1. The lowest BCUT2D eigenvalue weighted by atomic mass is 10.1. The number of ether oxygens (including phenoxy) is 8. The maximum absolute atomic E-state index is 12.7. The predicted octanol–water partition coefficient (Wildman–Crippen LogP) is 1.86. The number of hydrogen-bond acceptors (Lipinski definition) is 22. The van der Waals surface area contributed by atoms with Crippen LogP contribution in [0, 0.1) is 23.7 Å². The molecular weight excluding hydrogens is 1310 g/mol. The molecule has 14 N–H and O–H groups in total. The molecule has 534 valence electrons. The average molecular weight is 1400 g/mol. The highest BCUT2D eigenvalue weighted by atomic mass is 35.5. The molecule has 6 atom stereocenters. The summed E-state index contributed by atoms with van der Waals surface area (Å²) in [5, 5.41) is 50.6. The third kappa shape index (κ3) is 27.2. The number of carbonyl (C=O) groups is 4. The van der Waals surface area contributed by atoms with Gasteiger partial charge in [-0.05, 0) is 56.4 Å². The SMILES string of the molecule is Nc1nc2c(c(C#CCOCCNC(=O)CCCC(=O)NCCOCCOCCCCCCCl)cn2[C@H]2CC(O)[C@@H](CO)O2)c(=O)[nH]1.Nc1nc2c(c(C#CCOCCNC(=O)c3ccc(C(=O)NCCOCCOCCCCCCCl)cc3)cn2[C@H]2CC(O)[C@@H](CO)O2)c(=O)[nH]1. The number of nitrogen functional groups attached to an aromatic ring is 2. The van der Waals surface area contributed by atoms with Gasteiger partial charge in [-0.2, -0.15) is 9.97 Å². The van der Waals surface area contributed by atoms with Crippen LogP contribution in [0.15, 0.2) is 46.2 Å². The summed E-state index contributed by atoms with van der Waals surface area (Å²) in [6.07, 6.45) is 8.40. The molecule has 30 nitrogen and oxygen atoms in total. The zero-order valence-electron chi connectivity index (χ0n) is 54.5. The zero-order valence-corrected chi connectivity index (χ0v) is 56.0. The van der Waals surface area contributed by atoms with Gasteiger partial charge in [-0.15, -0.1) is 23.2 Å². The summed E-state index contributed by atoms with van der Waals surface area (Å²) < 4.78 is 47.5. The molecule has 0 spiro atoms. The monoisotopic (exact) mass is 1400 g/mol. The first-order chi connectivity index (χ1) is 47.1. The first-order valence-corrected chi connectivity index (χ1v) is 33.7. The summed E-state index contributed by atoms with van der Waals surface area (Å²) >= 11 is 11.3. The topological polar surface area (TPSA) is 425 Å². The Balaban J connectivity index is 0.000000307. The van der Waals surface area contributed by atoms with Crippen molar-refractivity contribution in [3.8, 4) is 23.7 Å².